The van der Waals surface area contributed by atoms with Gasteiger partial charge in [-0.3, -0.25) is 0 Å². The van der Waals surface area contributed by atoms with E-state index in [2.05, 4.69) is 8.75 Å². The molecule has 260 valence electrons. The molecule has 1 heterocycles. The Labute approximate surface area is 309 Å². The highest BCUT2D eigenvalue weighted by Crippen LogP contribution is 2.50. The van der Waals surface area contributed by atoms with Gasteiger partial charge in [0, 0.05) is 0 Å². The third-order valence-electron chi connectivity index (χ3n) is 8.20. The van der Waals surface area contributed by atoms with Crippen molar-refractivity contribution in [2.45, 2.75) is 13.8 Å². The molecule has 0 bridgehead atoms. The zero-order valence-corrected chi connectivity index (χ0v) is 29.9. The largest absolute Gasteiger partial charge is 0.492 e. The van der Waals surface area contributed by atoms with Crippen LogP contribution in [-0.2, 0) is 9.59 Å². The molecule has 6 rings (SSSR count). The number of aromatic nitrogens is 2. The van der Waals surface area contributed by atoms with Crippen molar-refractivity contribution in [3.05, 3.63) is 130 Å². The summed E-state index contributed by atoms with van der Waals surface area (Å²) < 4.78 is 31.9. The summed E-state index contributed by atoms with van der Waals surface area (Å²) in [7, 11) is 3.08. The Balaban J connectivity index is 1.30. The maximum absolute atomic E-state index is 12.7. The number of aryl methyl sites for hydroxylation is 2. The summed E-state index contributed by atoms with van der Waals surface area (Å²) in [5.41, 5.74) is 6.90. The van der Waals surface area contributed by atoms with Crippen molar-refractivity contribution in [3.63, 3.8) is 0 Å². The van der Waals surface area contributed by atoms with Crippen LogP contribution in [-0.4, -0.2) is 34.9 Å². The van der Waals surface area contributed by atoms with E-state index in [4.69, 9.17) is 18.9 Å². The summed E-state index contributed by atoms with van der Waals surface area (Å²) >= 11 is 1.04. The molecule has 0 aliphatic carbocycles. The quantitative estimate of drug-likeness (QED) is 0.0584. The standard InChI is InChI=1S/C42H30N4O6S/c1-25-5-17-33(18-6-25)51-41(47)31(23-43)21-27-9-13-29(14-10-27)35-37-38(46-53-45-37)36(40(50-4)39(35)49-3)30-15-11-28(12-16-30)22-32(24-44)42(48)52-34-19-7-26(2)8-20-34/h5-22H,1-4H3/b31-21+,32-22+. The highest BCUT2D eigenvalue weighted by atomic mass is 32.1. The Hall–Kier alpha value is -7.08. The van der Waals surface area contributed by atoms with Gasteiger partial charge in [-0.1, -0.05) is 83.9 Å². The van der Waals surface area contributed by atoms with Crippen LogP contribution >= 0.6 is 11.7 Å². The summed E-state index contributed by atoms with van der Waals surface area (Å²) in [4.78, 5) is 25.5. The van der Waals surface area contributed by atoms with E-state index in [0.717, 1.165) is 34.0 Å². The minimum atomic E-state index is -0.757. The second-order valence-electron chi connectivity index (χ2n) is 11.8. The van der Waals surface area contributed by atoms with Crippen LogP contribution in [0.25, 0.3) is 45.4 Å². The number of fused-ring (bicyclic) bond motifs is 1. The number of methoxy groups -OCH3 is 2. The molecule has 0 radical (unpaired) electrons. The van der Waals surface area contributed by atoms with E-state index in [1.165, 1.54) is 12.2 Å². The summed E-state index contributed by atoms with van der Waals surface area (Å²) in [6, 6.07) is 32.2. The third kappa shape index (κ3) is 7.81. The Morgan fingerprint density at radius 3 is 1.26 bits per heavy atom. The second kappa shape index (κ2) is 15.9. The maximum atomic E-state index is 12.7. The number of rotatable bonds is 10. The molecule has 0 N–H and O–H groups in total. The van der Waals surface area contributed by atoms with E-state index in [0.29, 0.717) is 56.3 Å². The maximum Gasteiger partial charge on any atom is 0.354 e. The van der Waals surface area contributed by atoms with Gasteiger partial charge >= 0.3 is 11.9 Å². The fourth-order valence-electron chi connectivity index (χ4n) is 5.52. The van der Waals surface area contributed by atoms with Gasteiger partial charge in [0.15, 0.2) is 11.5 Å². The lowest BCUT2D eigenvalue weighted by molar-refractivity contribution is -0.130. The van der Waals surface area contributed by atoms with E-state index < -0.39 is 11.9 Å². The molecule has 5 aromatic carbocycles. The molecule has 11 heteroatoms. The van der Waals surface area contributed by atoms with Crippen molar-refractivity contribution in [1.82, 2.24) is 8.75 Å². The smallest absolute Gasteiger partial charge is 0.354 e. The average molecular weight is 719 g/mol. The predicted octanol–water partition coefficient (Wildman–Crippen LogP) is 8.68. The zero-order valence-electron chi connectivity index (χ0n) is 29.0. The summed E-state index contributed by atoms with van der Waals surface area (Å²) in [5.74, 6) is 0.0415. The molecule has 0 saturated heterocycles. The van der Waals surface area contributed by atoms with Crippen molar-refractivity contribution in [2.24, 2.45) is 0 Å². The van der Waals surface area contributed by atoms with E-state index in [1.807, 2.05) is 74.5 Å². The Kier molecular flexibility index (Phi) is 10.7. The third-order valence-corrected chi connectivity index (χ3v) is 8.72. The lowest BCUT2D eigenvalue weighted by Gasteiger charge is -2.18. The number of benzene rings is 5. The van der Waals surface area contributed by atoms with Gasteiger partial charge in [-0.25, -0.2) is 9.59 Å². The normalized spacial score (nSPS) is 11.4. The Bertz CT molecular complexity index is 2300. The first-order valence-corrected chi connectivity index (χ1v) is 16.9. The van der Waals surface area contributed by atoms with Gasteiger partial charge in [0.2, 0.25) is 0 Å². The highest BCUT2D eigenvalue weighted by Gasteiger charge is 2.26. The lowest BCUT2D eigenvalue weighted by Crippen LogP contribution is -2.10. The molecule has 0 aliphatic heterocycles. The van der Waals surface area contributed by atoms with Crippen molar-refractivity contribution < 1.29 is 28.5 Å². The average Bonchev–Trinajstić information content (AvgIpc) is 3.66. The van der Waals surface area contributed by atoms with Crippen LogP contribution in [0.2, 0.25) is 0 Å². The zero-order chi connectivity index (χ0) is 37.5. The number of nitriles is 2. The molecule has 53 heavy (non-hydrogen) atoms. The van der Waals surface area contributed by atoms with Crippen LogP contribution in [0.1, 0.15) is 22.3 Å². The second-order valence-corrected chi connectivity index (χ2v) is 12.3. The van der Waals surface area contributed by atoms with Crippen molar-refractivity contribution in [2.75, 3.05) is 14.2 Å². The number of nitrogens with zero attached hydrogens (tertiary/aromatic N) is 4. The lowest BCUT2D eigenvalue weighted by atomic mass is 9.94. The molecule has 0 atom stereocenters. The molecule has 6 aromatic rings. The van der Waals surface area contributed by atoms with Crippen LogP contribution in [0.3, 0.4) is 0 Å². The van der Waals surface area contributed by atoms with E-state index in [9.17, 15) is 20.1 Å². The van der Waals surface area contributed by atoms with Crippen LogP contribution in [0.15, 0.2) is 108 Å². The Morgan fingerprint density at radius 2 is 0.943 bits per heavy atom. The van der Waals surface area contributed by atoms with Gasteiger partial charge in [-0.2, -0.15) is 19.3 Å². The highest BCUT2D eigenvalue weighted by molar-refractivity contribution is 7.00. The molecule has 0 saturated carbocycles. The first-order valence-electron chi connectivity index (χ1n) is 16.1. The van der Waals surface area contributed by atoms with Gasteiger partial charge < -0.3 is 18.9 Å². The molecule has 0 aliphatic rings. The van der Waals surface area contributed by atoms with Crippen LogP contribution in [0.4, 0.5) is 0 Å². The minimum Gasteiger partial charge on any atom is -0.492 e. The van der Waals surface area contributed by atoms with Crippen molar-refractivity contribution in [3.8, 4) is 57.4 Å². The summed E-state index contributed by atoms with van der Waals surface area (Å²) in [5, 5.41) is 19.4. The minimum absolute atomic E-state index is 0.152. The van der Waals surface area contributed by atoms with Gasteiger partial charge in [0.1, 0.15) is 45.8 Å². The number of carbonyl (C=O) groups is 2. The van der Waals surface area contributed by atoms with Crippen LogP contribution in [0.5, 0.6) is 23.0 Å². The molecule has 10 nitrogen and oxygen atoms in total. The summed E-state index contributed by atoms with van der Waals surface area (Å²) in [6.45, 7) is 3.85. The first-order chi connectivity index (χ1) is 25.7. The van der Waals surface area contributed by atoms with Gasteiger partial charge in [0.25, 0.3) is 0 Å². The molecule has 0 fully saturated rings. The Morgan fingerprint density at radius 1 is 0.585 bits per heavy atom. The van der Waals surface area contributed by atoms with Gasteiger partial charge in [0.05, 0.1) is 37.1 Å². The number of hydrogen-bond acceptors (Lipinski definition) is 11. The topological polar surface area (TPSA) is 144 Å². The van der Waals surface area contributed by atoms with E-state index in [1.54, 1.807) is 62.8 Å². The summed E-state index contributed by atoms with van der Waals surface area (Å²) in [6.07, 6.45) is 2.93. The molecule has 1 aromatic heterocycles. The van der Waals surface area contributed by atoms with Gasteiger partial charge in [-0.15, -0.1) is 0 Å². The number of carbonyl (C=O) groups excluding carboxylic acids is 2. The van der Waals surface area contributed by atoms with Gasteiger partial charge in [-0.05, 0) is 72.5 Å². The monoisotopic (exact) mass is 718 g/mol. The van der Waals surface area contributed by atoms with E-state index in [-0.39, 0.29) is 11.1 Å². The molecule has 0 amide bonds. The SMILES string of the molecule is COc1c(OC)c(-c2ccc(/C=C(\C#N)C(=O)Oc3ccc(C)cc3)cc2)c2nsnc2c1-c1ccc(/C=C(\C#N)C(=O)Oc2ccc(C)cc2)cc1. The van der Waals surface area contributed by atoms with E-state index >= 15 is 0 Å². The first kappa shape index (κ1) is 35.7. The van der Waals surface area contributed by atoms with Crippen molar-refractivity contribution in [1.29, 1.82) is 10.5 Å². The number of ether oxygens (including phenoxy) is 4. The van der Waals surface area contributed by atoms with Crippen LogP contribution in [0, 0.1) is 36.5 Å². The molecular weight excluding hydrogens is 689 g/mol. The number of esters is 2. The molecule has 0 unspecified atom stereocenters. The molecule has 0 spiro atoms. The fourth-order valence-corrected chi connectivity index (χ4v) is 6.08. The fraction of sp³-hybridized carbons (Fsp3) is 0.0952. The van der Waals surface area contributed by atoms with Crippen LogP contribution < -0.4 is 18.9 Å². The predicted molar refractivity (Wildman–Crippen MR) is 202 cm³/mol. The molecular formula is C42H30N4O6S. The number of hydrogen-bond donors (Lipinski definition) is 0. The van der Waals surface area contributed by atoms with Crippen molar-refractivity contribution >= 4 is 46.9 Å².